The molecule has 92 valence electrons. The van der Waals surface area contributed by atoms with Crippen molar-refractivity contribution in [3.05, 3.63) is 35.9 Å². The highest BCUT2D eigenvalue weighted by Crippen LogP contribution is 2.19. The van der Waals surface area contributed by atoms with Crippen LogP contribution in [0.25, 0.3) is 0 Å². The first-order chi connectivity index (χ1) is 8.22. The molecule has 0 aromatic heterocycles. The van der Waals surface area contributed by atoms with E-state index < -0.39 is 0 Å². The van der Waals surface area contributed by atoms with Gasteiger partial charge < -0.3 is 4.90 Å². The molecule has 1 saturated heterocycles. The van der Waals surface area contributed by atoms with Crippen molar-refractivity contribution in [3.8, 4) is 0 Å². The van der Waals surface area contributed by atoms with Gasteiger partial charge in [0.1, 0.15) is 0 Å². The predicted molar refractivity (Wildman–Crippen MR) is 68.7 cm³/mol. The van der Waals surface area contributed by atoms with E-state index in [9.17, 15) is 4.79 Å². The van der Waals surface area contributed by atoms with Gasteiger partial charge in [-0.05, 0) is 18.4 Å². The molecule has 3 heteroatoms. The topological polar surface area (TPSA) is 32.3 Å². The largest absolute Gasteiger partial charge is 0.344 e. The Balaban J connectivity index is 2.04. The second kappa shape index (κ2) is 5.32. The Morgan fingerprint density at radius 3 is 2.65 bits per heavy atom. The van der Waals surface area contributed by atoms with E-state index in [2.05, 4.69) is 24.4 Å². The second-order valence-corrected chi connectivity index (χ2v) is 4.64. The van der Waals surface area contributed by atoms with Crippen molar-refractivity contribution in [2.24, 2.45) is 0 Å². The number of nitrogens with zero attached hydrogens (tertiary/aromatic N) is 1. The van der Waals surface area contributed by atoms with Gasteiger partial charge in [0, 0.05) is 19.6 Å². The molecule has 0 radical (unpaired) electrons. The molecule has 1 N–H and O–H groups in total. The average Bonchev–Trinajstić information content (AvgIpc) is 2.68. The summed E-state index contributed by atoms with van der Waals surface area (Å²) >= 11 is 0. The molecular weight excluding hydrogens is 212 g/mol. The van der Waals surface area contributed by atoms with Crippen LogP contribution in [0.4, 0.5) is 0 Å². The van der Waals surface area contributed by atoms with Gasteiger partial charge >= 0.3 is 0 Å². The zero-order chi connectivity index (χ0) is 12.3. The number of nitrogens with one attached hydrogen (secondary N) is 1. The first-order valence-corrected chi connectivity index (χ1v) is 6.28. The number of benzene rings is 1. The minimum Gasteiger partial charge on any atom is -0.344 e. The van der Waals surface area contributed by atoms with Crippen LogP contribution < -0.4 is 5.32 Å². The SMILES string of the molecule is CCC(NC1CCN(C)C1=O)c1ccccc1. The van der Waals surface area contributed by atoms with Crippen LogP contribution >= 0.6 is 0 Å². The molecule has 1 heterocycles. The minimum atomic E-state index is -0.00911. The fraction of sp³-hybridized carbons (Fsp3) is 0.500. The molecule has 1 aliphatic heterocycles. The molecule has 1 aliphatic rings. The third-order valence-electron chi connectivity index (χ3n) is 3.44. The van der Waals surface area contributed by atoms with Crippen molar-refractivity contribution in [1.82, 2.24) is 10.2 Å². The van der Waals surface area contributed by atoms with Crippen LogP contribution in [-0.2, 0) is 4.79 Å². The highest BCUT2D eigenvalue weighted by Gasteiger charge is 2.30. The fourth-order valence-corrected chi connectivity index (χ4v) is 2.36. The molecule has 1 fully saturated rings. The third-order valence-corrected chi connectivity index (χ3v) is 3.44. The molecule has 3 nitrogen and oxygen atoms in total. The summed E-state index contributed by atoms with van der Waals surface area (Å²) in [6.07, 6.45) is 1.91. The smallest absolute Gasteiger partial charge is 0.239 e. The van der Waals surface area contributed by atoms with Gasteiger partial charge in [-0.1, -0.05) is 37.3 Å². The van der Waals surface area contributed by atoms with E-state index in [-0.39, 0.29) is 18.0 Å². The normalized spacial score (nSPS) is 21.9. The van der Waals surface area contributed by atoms with E-state index >= 15 is 0 Å². The summed E-state index contributed by atoms with van der Waals surface area (Å²) in [4.78, 5) is 13.7. The van der Waals surface area contributed by atoms with Crippen LogP contribution in [0.1, 0.15) is 31.4 Å². The van der Waals surface area contributed by atoms with E-state index in [1.807, 2.05) is 25.2 Å². The maximum absolute atomic E-state index is 11.9. The Kier molecular flexibility index (Phi) is 3.79. The molecule has 1 aromatic carbocycles. The van der Waals surface area contributed by atoms with E-state index in [1.165, 1.54) is 5.56 Å². The molecule has 0 bridgehead atoms. The van der Waals surface area contributed by atoms with Crippen molar-refractivity contribution >= 4 is 5.91 Å². The number of amides is 1. The number of carbonyl (C=O) groups excluding carboxylic acids is 1. The highest BCUT2D eigenvalue weighted by atomic mass is 16.2. The fourth-order valence-electron chi connectivity index (χ4n) is 2.36. The Morgan fingerprint density at radius 2 is 2.12 bits per heavy atom. The van der Waals surface area contributed by atoms with Crippen LogP contribution in [0.15, 0.2) is 30.3 Å². The quantitative estimate of drug-likeness (QED) is 0.860. The van der Waals surface area contributed by atoms with Gasteiger partial charge in [0.2, 0.25) is 5.91 Å². The van der Waals surface area contributed by atoms with E-state index in [0.29, 0.717) is 0 Å². The Bertz CT molecular complexity index is 377. The number of carbonyl (C=O) groups is 1. The van der Waals surface area contributed by atoms with Crippen LogP contribution in [0.2, 0.25) is 0 Å². The first-order valence-electron chi connectivity index (χ1n) is 6.28. The summed E-state index contributed by atoms with van der Waals surface area (Å²) in [6.45, 7) is 3.01. The summed E-state index contributed by atoms with van der Waals surface area (Å²) in [5.41, 5.74) is 1.26. The molecule has 17 heavy (non-hydrogen) atoms. The highest BCUT2D eigenvalue weighted by molar-refractivity contribution is 5.83. The van der Waals surface area contributed by atoms with Gasteiger partial charge in [-0.15, -0.1) is 0 Å². The molecule has 2 unspecified atom stereocenters. The molecule has 0 aliphatic carbocycles. The summed E-state index contributed by atoms with van der Waals surface area (Å²) in [7, 11) is 1.87. The number of hydrogen-bond acceptors (Lipinski definition) is 2. The molecule has 1 amide bonds. The van der Waals surface area contributed by atoms with E-state index in [4.69, 9.17) is 0 Å². The second-order valence-electron chi connectivity index (χ2n) is 4.64. The Hall–Kier alpha value is -1.35. The standard InChI is InChI=1S/C14H20N2O/c1-3-12(11-7-5-4-6-8-11)15-13-9-10-16(2)14(13)17/h4-8,12-13,15H,3,9-10H2,1-2H3. The number of hydrogen-bond donors (Lipinski definition) is 1. The molecule has 0 spiro atoms. The van der Waals surface area contributed by atoms with E-state index in [0.717, 1.165) is 19.4 Å². The number of likely N-dealkylation sites (N-methyl/N-ethyl adjacent to an activating group) is 1. The lowest BCUT2D eigenvalue weighted by molar-refractivity contribution is -0.128. The average molecular weight is 232 g/mol. The lowest BCUT2D eigenvalue weighted by Crippen LogP contribution is -2.39. The zero-order valence-corrected chi connectivity index (χ0v) is 10.5. The molecule has 2 atom stereocenters. The van der Waals surface area contributed by atoms with Crippen LogP contribution in [0.5, 0.6) is 0 Å². The molecule has 2 rings (SSSR count). The maximum Gasteiger partial charge on any atom is 0.239 e. The molecule has 0 saturated carbocycles. The number of rotatable bonds is 4. The Morgan fingerprint density at radius 1 is 1.41 bits per heavy atom. The predicted octanol–water partition coefficient (Wildman–Crippen LogP) is 1.96. The lowest BCUT2D eigenvalue weighted by atomic mass is 10.0. The first kappa shape index (κ1) is 12.1. The van der Waals surface area contributed by atoms with Gasteiger partial charge in [0.15, 0.2) is 0 Å². The van der Waals surface area contributed by atoms with Crippen LogP contribution in [-0.4, -0.2) is 30.4 Å². The van der Waals surface area contributed by atoms with Crippen molar-refractivity contribution in [2.45, 2.75) is 31.8 Å². The van der Waals surface area contributed by atoms with Gasteiger partial charge in [-0.2, -0.15) is 0 Å². The summed E-state index contributed by atoms with van der Waals surface area (Å²) in [5.74, 6) is 0.222. The molecular formula is C14H20N2O. The summed E-state index contributed by atoms with van der Waals surface area (Å²) in [5, 5.41) is 3.47. The summed E-state index contributed by atoms with van der Waals surface area (Å²) < 4.78 is 0. The lowest BCUT2D eigenvalue weighted by Gasteiger charge is -2.21. The Labute approximate surface area is 103 Å². The van der Waals surface area contributed by atoms with Crippen molar-refractivity contribution in [1.29, 1.82) is 0 Å². The van der Waals surface area contributed by atoms with Crippen LogP contribution in [0, 0.1) is 0 Å². The maximum atomic E-state index is 11.9. The van der Waals surface area contributed by atoms with Gasteiger partial charge in [0.05, 0.1) is 6.04 Å². The van der Waals surface area contributed by atoms with Gasteiger partial charge in [-0.25, -0.2) is 0 Å². The summed E-state index contributed by atoms with van der Waals surface area (Å²) in [6, 6.07) is 10.6. The van der Waals surface area contributed by atoms with Gasteiger partial charge in [-0.3, -0.25) is 10.1 Å². The minimum absolute atomic E-state index is 0.00911. The van der Waals surface area contributed by atoms with Gasteiger partial charge in [0.25, 0.3) is 0 Å². The van der Waals surface area contributed by atoms with Crippen molar-refractivity contribution in [3.63, 3.8) is 0 Å². The zero-order valence-electron chi connectivity index (χ0n) is 10.5. The third kappa shape index (κ3) is 2.67. The van der Waals surface area contributed by atoms with Crippen LogP contribution in [0.3, 0.4) is 0 Å². The number of likely N-dealkylation sites (tertiary alicyclic amines) is 1. The van der Waals surface area contributed by atoms with Crippen molar-refractivity contribution < 1.29 is 4.79 Å². The van der Waals surface area contributed by atoms with E-state index in [1.54, 1.807) is 4.90 Å². The van der Waals surface area contributed by atoms with Crippen molar-refractivity contribution in [2.75, 3.05) is 13.6 Å². The molecule has 1 aromatic rings. The monoisotopic (exact) mass is 232 g/mol.